The summed E-state index contributed by atoms with van der Waals surface area (Å²) in [5, 5.41) is 41.1. The first-order valence-electron chi connectivity index (χ1n) is 22.9. The van der Waals surface area contributed by atoms with Crippen LogP contribution < -0.4 is 95.0 Å². The second kappa shape index (κ2) is 36.2. The van der Waals surface area contributed by atoms with Gasteiger partial charge in [0.05, 0.1) is 61.3 Å². The van der Waals surface area contributed by atoms with Crippen LogP contribution in [0.3, 0.4) is 0 Å². The number of nitrogens with two attached hydrogens (primary N) is 2. The molecular weight excluding hydrogens is 979 g/mol. The van der Waals surface area contributed by atoms with Crippen molar-refractivity contribution in [3.8, 4) is 17.2 Å². The fourth-order valence-electron chi connectivity index (χ4n) is 6.98. The third-order valence-corrected chi connectivity index (χ3v) is 10.4. The van der Waals surface area contributed by atoms with Gasteiger partial charge in [-0.3, -0.25) is 0 Å². The number of carboxylic acids is 4. The van der Waals surface area contributed by atoms with Gasteiger partial charge >= 0.3 is 83.0 Å². The predicted octanol–water partition coefficient (Wildman–Crippen LogP) is -2.48. The van der Waals surface area contributed by atoms with Gasteiger partial charge in [0.1, 0.15) is 37.1 Å². The van der Waals surface area contributed by atoms with Crippen LogP contribution in [-0.4, -0.2) is 103 Å². The first kappa shape index (κ1) is 68.2. The van der Waals surface area contributed by atoms with Gasteiger partial charge in [0.2, 0.25) is 0 Å². The topological polar surface area (TPSA) is 305 Å². The van der Waals surface area contributed by atoms with Crippen LogP contribution in [0.25, 0.3) is 0 Å². The zero-order valence-electron chi connectivity index (χ0n) is 44.0. The average Bonchev–Trinajstić information content (AvgIpc) is 3.86. The van der Waals surface area contributed by atoms with Gasteiger partial charge in [0.25, 0.3) is 0 Å². The Labute approximate surface area is 476 Å². The van der Waals surface area contributed by atoms with Crippen molar-refractivity contribution in [1.29, 1.82) is 0 Å². The molecule has 0 saturated carbocycles. The molecule has 0 amide bonds. The maximum Gasteiger partial charge on any atom is 1.00 e. The molecule has 0 aliphatic carbocycles. The van der Waals surface area contributed by atoms with Gasteiger partial charge in [-0.25, -0.2) is 24.2 Å². The van der Waals surface area contributed by atoms with Crippen molar-refractivity contribution in [2.24, 2.45) is 29.2 Å². The van der Waals surface area contributed by atoms with Crippen LogP contribution in [0, 0.1) is 17.8 Å². The Kier molecular flexibility index (Phi) is 33.4. The van der Waals surface area contributed by atoms with Crippen LogP contribution in [0.4, 0.5) is 0 Å². The standard InChI is InChI=1S/C19H22N2O5.C18H25NO5.C16H21NO5.2Na/c1-13(2)17(19(24)25)16(18(22)23)11-14-3-5-15(6-4-14)26-10-9-21-8-7-20-12-21;1-12(2)16(18(21)23-4)15(17(20)22-3)11-13-5-7-14(8-6-13)24-10-9-19;1-10(2)14(16(20)21)13(15(18)19)9-11-3-5-12(6-4-11)22-8-7-17;;/h3-8,12-13H,9-11H2,1-2H3,(H,22,23)(H,24,25);5-8,12H,9-11,19H2,1-4H3;3-6,10H,7-9,17H2,1-2H3,(H,18,19)(H,20,21);;/q;;;2*+1/p-2/b17-16-;16-15-;14-13-;;. The Hall–Kier alpha value is -5.77. The maximum absolute atomic E-state index is 12.2. The summed E-state index contributed by atoms with van der Waals surface area (Å²) in [4.78, 5) is 73.5. The largest absolute Gasteiger partial charge is 1.00 e. The number of carboxylic acid groups (broad SMARTS) is 4. The number of aromatic nitrogens is 2. The first-order chi connectivity index (χ1) is 34.2. The monoisotopic (exact) mass is 1040 g/mol. The zero-order chi connectivity index (χ0) is 53.9. The third-order valence-electron chi connectivity index (χ3n) is 10.4. The van der Waals surface area contributed by atoms with E-state index in [9.17, 15) is 49.2 Å². The molecule has 0 fully saturated rings. The molecule has 19 nitrogen and oxygen atoms in total. The van der Waals surface area contributed by atoms with Gasteiger partial charge in [-0.05, 0) is 88.4 Å². The van der Waals surface area contributed by atoms with E-state index in [0.29, 0.717) is 79.0 Å². The van der Waals surface area contributed by atoms with E-state index < -0.39 is 41.7 Å². The average molecular weight is 1050 g/mol. The molecule has 0 spiro atoms. The molecule has 4 rings (SSSR count). The number of nitrogens with zero attached hydrogens (tertiary/aromatic N) is 2. The van der Waals surface area contributed by atoms with E-state index >= 15 is 0 Å². The molecule has 4 aromatic rings. The molecule has 0 saturated heterocycles. The normalized spacial score (nSPS) is 11.6. The van der Waals surface area contributed by atoms with E-state index in [1.165, 1.54) is 14.2 Å². The van der Waals surface area contributed by atoms with Crippen molar-refractivity contribution in [2.75, 3.05) is 47.1 Å². The van der Waals surface area contributed by atoms with Crippen LogP contribution in [0.5, 0.6) is 17.2 Å². The Bertz CT molecular complexity index is 2490. The molecule has 3 aromatic carbocycles. The Balaban J connectivity index is 0.00000107. The summed E-state index contributed by atoms with van der Waals surface area (Å²) in [6.07, 6.45) is 5.52. The number of rotatable bonds is 25. The van der Waals surface area contributed by atoms with Crippen LogP contribution in [0.1, 0.15) is 58.2 Å². The second-order valence-electron chi connectivity index (χ2n) is 16.7. The molecule has 0 aliphatic rings. The van der Waals surface area contributed by atoms with Crippen LogP contribution in [0.2, 0.25) is 0 Å². The SMILES string of the molecule is CC(C)/C(C(=O)O)=C(\Cc1ccc(OCCn2ccnc2)cc1)C(=O)O.CC(C)/C(C(=O)[O-])=C(\Cc1ccc(OCCN)cc1)C(=O)[O-].COC(=O)/C(Cc1ccc(OCCN)cc1)=C(\C(=O)OC)C(C)C.[Na+].[Na+]. The molecule has 1 aromatic heterocycles. The van der Waals surface area contributed by atoms with Crippen LogP contribution >= 0.6 is 0 Å². The van der Waals surface area contributed by atoms with Crippen molar-refractivity contribution in [1.82, 2.24) is 9.55 Å². The van der Waals surface area contributed by atoms with Gasteiger partial charge in [0, 0.05) is 38.3 Å². The summed E-state index contributed by atoms with van der Waals surface area (Å²) in [6.45, 7) is 13.0. The van der Waals surface area contributed by atoms with Crippen LogP contribution in [-0.2, 0) is 64.0 Å². The van der Waals surface area contributed by atoms with E-state index in [1.807, 2.05) is 36.7 Å². The van der Waals surface area contributed by atoms with E-state index in [4.69, 9.17) is 35.2 Å². The summed E-state index contributed by atoms with van der Waals surface area (Å²) in [6, 6.07) is 20.9. The Morgan fingerprint density at radius 3 is 1.24 bits per heavy atom. The minimum absolute atomic E-state index is 0. The number of esters is 2. The molecular formula is C53H66N4Na2O15. The number of ether oxygens (including phenoxy) is 5. The van der Waals surface area contributed by atoms with E-state index in [2.05, 4.69) is 4.98 Å². The zero-order valence-corrected chi connectivity index (χ0v) is 48.0. The summed E-state index contributed by atoms with van der Waals surface area (Å²) in [5.74, 6) is -5.52. The number of methoxy groups -OCH3 is 2. The van der Waals surface area contributed by atoms with Gasteiger partial charge in [-0.2, -0.15) is 0 Å². The number of carbonyl (C=O) groups is 6. The molecule has 1 heterocycles. The summed E-state index contributed by atoms with van der Waals surface area (Å²) in [5.41, 5.74) is 12.9. The summed E-state index contributed by atoms with van der Waals surface area (Å²) in [7, 11) is 2.59. The quantitative estimate of drug-likeness (QED) is 0.0303. The molecule has 390 valence electrons. The van der Waals surface area contributed by atoms with Crippen molar-refractivity contribution in [3.63, 3.8) is 0 Å². The summed E-state index contributed by atoms with van der Waals surface area (Å²) < 4.78 is 27.9. The van der Waals surface area contributed by atoms with Crippen molar-refractivity contribution in [3.05, 3.63) is 142 Å². The number of aliphatic carboxylic acids is 4. The minimum atomic E-state index is -1.50. The second-order valence-corrected chi connectivity index (χ2v) is 16.7. The van der Waals surface area contributed by atoms with Gasteiger partial charge < -0.3 is 69.7 Å². The molecule has 0 aliphatic heterocycles. The van der Waals surface area contributed by atoms with Gasteiger partial charge in [-0.15, -0.1) is 0 Å². The fraction of sp³-hybridized carbons (Fsp3) is 0.377. The van der Waals surface area contributed by atoms with E-state index in [1.54, 1.807) is 101 Å². The number of hydrogen-bond donors (Lipinski definition) is 4. The number of hydrogen-bond acceptors (Lipinski definition) is 16. The van der Waals surface area contributed by atoms with Crippen molar-refractivity contribution in [2.45, 2.75) is 67.3 Å². The number of benzene rings is 3. The molecule has 21 heteroatoms. The number of imidazole rings is 1. The van der Waals surface area contributed by atoms with Gasteiger partial charge in [-0.1, -0.05) is 77.9 Å². The fourth-order valence-corrected chi connectivity index (χ4v) is 6.98. The molecule has 74 heavy (non-hydrogen) atoms. The summed E-state index contributed by atoms with van der Waals surface area (Å²) >= 11 is 0. The maximum atomic E-state index is 12.2. The first-order valence-corrected chi connectivity index (χ1v) is 22.9. The molecule has 0 bridgehead atoms. The number of carbonyl (C=O) groups excluding carboxylic acids is 4. The Morgan fingerprint density at radius 2 is 0.932 bits per heavy atom. The van der Waals surface area contributed by atoms with Crippen LogP contribution in [0.15, 0.2) is 125 Å². The smallest absolute Gasteiger partial charge is 0.545 e. The molecule has 6 N–H and O–H groups in total. The predicted molar refractivity (Wildman–Crippen MR) is 262 cm³/mol. The van der Waals surface area contributed by atoms with Crippen molar-refractivity contribution < 1.29 is 132 Å². The van der Waals surface area contributed by atoms with Gasteiger partial charge in [0.15, 0.2) is 0 Å². The minimum Gasteiger partial charge on any atom is -0.545 e. The third kappa shape index (κ3) is 23.6. The molecule has 0 atom stereocenters. The van der Waals surface area contributed by atoms with Crippen molar-refractivity contribution >= 4 is 35.8 Å². The van der Waals surface area contributed by atoms with E-state index in [-0.39, 0.29) is 113 Å². The van der Waals surface area contributed by atoms with E-state index in [0.717, 1.165) is 5.56 Å². The molecule has 0 radical (unpaired) electrons. The molecule has 0 unspecified atom stereocenters. The Morgan fingerprint density at radius 1 is 0.541 bits per heavy atom.